The molecule has 2 heterocycles. The van der Waals surface area contributed by atoms with Crippen molar-refractivity contribution in [1.82, 2.24) is 15.2 Å². The molecule has 6 nitrogen and oxygen atoms in total. The first-order valence-corrected chi connectivity index (χ1v) is 6.30. The number of nitrogens with two attached hydrogens (primary N) is 1. The van der Waals surface area contributed by atoms with Gasteiger partial charge >= 0.3 is 0 Å². The molecule has 1 amide bonds. The quantitative estimate of drug-likeness (QED) is 0.882. The summed E-state index contributed by atoms with van der Waals surface area (Å²) in [4.78, 5) is 16.1. The molecule has 94 valence electrons. The minimum absolute atomic E-state index is 0.213. The van der Waals surface area contributed by atoms with Crippen molar-refractivity contribution >= 4 is 28.2 Å². The van der Waals surface area contributed by atoms with Crippen molar-refractivity contribution < 1.29 is 4.79 Å². The highest BCUT2D eigenvalue weighted by atomic mass is 32.1. The molecule has 0 radical (unpaired) electrons. The monoisotopic (exact) mass is 263 g/mol. The van der Waals surface area contributed by atoms with Crippen LogP contribution in [0.25, 0.3) is 0 Å². The number of hydrogen-bond donors (Lipinski definition) is 2. The first-order valence-electron chi connectivity index (χ1n) is 5.42. The summed E-state index contributed by atoms with van der Waals surface area (Å²) in [5, 5.41) is 12.5. The van der Waals surface area contributed by atoms with Gasteiger partial charge in [-0.05, 0) is 18.1 Å². The third-order valence-corrected chi connectivity index (χ3v) is 3.03. The van der Waals surface area contributed by atoms with Gasteiger partial charge in [-0.15, -0.1) is 21.5 Å². The SMILES string of the molecule is CC(C)c1csc(NC(=O)c2ccc(N)nn2)n1. The van der Waals surface area contributed by atoms with E-state index in [0.717, 1.165) is 5.69 Å². The van der Waals surface area contributed by atoms with Crippen molar-refractivity contribution in [1.29, 1.82) is 0 Å². The van der Waals surface area contributed by atoms with Crippen molar-refractivity contribution in [3.05, 3.63) is 28.9 Å². The maximum atomic E-state index is 11.8. The van der Waals surface area contributed by atoms with E-state index < -0.39 is 0 Å². The van der Waals surface area contributed by atoms with Crippen molar-refractivity contribution in [2.45, 2.75) is 19.8 Å². The van der Waals surface area contributed by atoms with Crippen molar-refractivity contribution in [3.8, 4) is 0 Å². The largest absolute Gasteiger partial charge is 0.382 e. The second-order valence-corrected chi connectivity index (χ2v) is 4.89. The van der Waals surface area contributed by atoms with Crippen molar-refractivity contribution in [2.24, 2.45) is 0 Å². The molecule has 0 saturated heterocycles. The zero-order chi connectivity index (χ0) is 13.1. The van der Waals surface area contributed by atoms with Crippen LogP contribution < -0.4 is 11.1 Å². The Bertz CT molecular complexity index is 549. The Morgan fingerprint density at radius 2 is 2.17 bits per heavy atom. The van der Waals surface area contributed by atoms with Crippen LogP contribution in [0.2, 0.25) is 0 Å². The summed E-state index contributed by atoms with van der Waals surface area (Å²) in [7, 11) is 0. The topological polar surface area (TPSA) is 93.8 Å². The summed E-state index contributed by atoms with van der Waals surface area (Å²) in [5.74, 6) is 0.276. The average molecular weight is 263 g/mol. The molecule has 0 spiro atoms. The number of anilines is 2. The zero-order valence-corrected chi connectivity index (χ0v) is 10.9. The number of amides is 1. The molecule has 7 heteroatoms. The van der Waals surface area contributed by atoms with Gasteiger partial charge in [-0.25, -0.2) is 4.98 Å². The highest BCUT2D eigenvalue weighted by Crippen LogP contribution is 2.21. The second-order valence-electron chi connectivity index (χ2n) is 4.03. The third-order valence-electron chi connectivity index (χ3n) is 2.25. The minimum Gasteiger partial charge on any atom is -0.382 e. The summed E-state index contributed by atoms with van der Waals surface area (Å²) in [5.41, 5.74) is 6.57. The zero-order valence-electron chi connectivity index (χ0n) is 10.0. The Morgan fingerprint density at radius 1 is 1.39 bits per heavy atom. The van der Waals surface area contributed by atoms with Crippen molar-refractivity contribution in [2.75, 3.05) is 11.1 Å². The summed E-state index contributed by atoms with van der Waals surface area (Å²) in [6.45, 7) is 4.10. The normalized spacial score (nSPS) is 10.6. The van der Waals surface area contributed by atoms with Gasteiger partial charge in [0.2, 0.25) is 0 Å². The standard InChI is InChI=1S/C11H13N5OS/c1-6(2)8-5-18-11(13-8)14-10(17)7-3-4-9(12)16-15-7/h3-6H,1-2H3,(H2,12,16)(H,13,14,17). The Morgan fingerprint density at radius 3 is 2.72 bits per heavy atom. The number of rotatable bonds is 3. The van der Waals surface area contributed by atoms with Crippen LogP contribution >= 0.6 is 11.3 Å². The maximum Gasteiger partial charge on any atom is 0.277 e. The predicted molar refractivity (Wildman–Crippen MR) is 70.6 cm³/mol. The van der Waals surface area contributed by atoms with E-state index in [1.165, 1.54) is 23.5 Å². The van der Waals surface area contributed by atoms with E-state index in [1.54, 1.807) is 0 Å². The Labute approximate surface area is 108 Å². The van der Waals surface area contributed by atoms with Gasteiger partial charge in [0.15, 0.2) is 10.8 Å². The molecule has 0 atom stereocenters. The molecule has 0 aliphatic carbocycles. The molecule has 0 aliphatic heterocycles. The lowest BCUT2D eigenvalue weighted by Crippen LogP contribution is -2.14. The number of nitrogen functional groups attached to an aromatic ring is 1. The number of nitrogens with one attached hydrogen (secondary N) is 1. The molecule has 2 aromatic rings. The smallest absolute Gasteiger partial charge is 0.277 e. The number of carbonyl (C=O) groups excluding carboxylic acids is 1. The van der Waals surface area contributed by atoms with Crippen molar-refractivity contribution in [3.63, 3.8) is 0 Å². The van der Waals surface area contributed by atoms with Gasteiger partial charge in [-0.1, -0.05) is 13.8 Å². The molecule has 0 fully saturated rings. The van der Waals surface area contributed by atoms with Crippen LogP contribution in [-0.4, -0.2) is 21.1 Å². The summed E-state index contributed by atoms with van der Waals surface area (Å²) in [6.07, 6.45) is 0. The van der Waals surface area contributed by atoms with Gasteiger partial charge < -0.3 is 5.73 Å². The van der Waals surface area contributed by atoms with Crippen LogP contribution in [0.1, 0.15) is 35.9 Å². The first-order chi connectivity index (χ1) is 8.56. The van der Waals surface area contributed by atoms with Crippen LogP contribution in [0.4, 0.5) is 10.9 Å². The lowest BCUT2D eigenvalue weighted by molar-refractivity contribution is 0.102. The van der Waals surface area contributed by atoms with Gasteiger partial charge in [0.05, 0.1) is 5.69 Å². The molecule has 18 heavy (non-hydrogen) atoms. The number of aromatic nitrogens is 3. The van der Waals surface area contributed by atoms with E-state index in [2.05, 4.69) is 20.5 Å². The second kappa shape index (κ2) is 5.09. The van der Waals surface area contributed by atoms with Gasteiger partial charge in [0.1, 0.15) is 5.82 Å². The number of carbonyl (C=O) groups is 1. The maximum absolute atomic E-state index is 11.8. The van der Waals surface area contributed by atoms with Gasteiger partial charge in [-0.2, -0.15) is 0 Å². The fourth-order valence-corrected chi connectivity index (χ4v) is 2.10. The third kappa shape index (κ3) is 2.80. The highest BCUT2D eigenvalue weighted by molar-refractivity contribution is 7.14. The van der Waals surface area contributed by atoms with E-state index in [4.69, 9.17) is 5.73 Å². The molecule has 0 aromatic carbocycles. The molecule has 0 saturated carbocycles. The Kier molecular flexibility index (Phi) is 3.52. The van der Waals surface area contributed by atoms with E-state index in [9.17, 15) is 4.79 Å². The van der Waals surface area contributed by atoms with Crippen LogP contribution in [0.5, 0.6) is 0 Å². The van der Waals surface area contributed by atoms with Gasteiger partial charge in [0.25, 0.3) is 5.91 Å². The summed E-state index contributed by atoms with van der Waals surface area (Å²) < 4.78 is 0. The minimum atomic E-state index is -0.341. The summed E-state index contributed by atoms with van der Waals surface area (Å²) >= 11 is 1.39. The van der Waals surface area contributed by atoms with E-state index in [1.807, 2.05) is 19.2 Å². The van der Waals surface area contributed by atoms with Crippen LogP contribution in [-0.2, 0) is 0 Å². The lowest BCUT2D eigenvalue weighted by Gasteiger charge is -2.00. The number of nitrogens with zero attached hydrogens (tertiary/aromatic N) is 3. The number of hydrogen-bond acceptors (Lipinski definition) is 6. The highest BCUT2D eigenvalue weighted by Gasteiger charge is 2.11. The first kappa shape index (κ1) is 12.4. The Balaban J connectivity index is 2.08. The molecule has 0 bridgehead atoms. The van der Waals surface area contributed by atoms with E-state index in [0.29, 0.717) is 11.0 Å². The van der Waals surface area contributed by atoms with Gasteiger partial charge in [-0.3, -0.25) is 10.1 Å². The molecule has 2 rings (SSSR count). The summed E-state index contributed by atoms with van der Waals surface area (Å²) in [6, 6.07) is 3.05. The van der Waals surface area contributed by atoms with Crippen LogP contribution in [0.15, 0.2) is 17.5 Å². The van der Waals surface area contributed by atoms with E-state index >= 15 is 0 Å². The fourth-order valence-electron chi connectivity index (χ4n) is 1.23. The molecular formula is C11H13N5OS. The van der Waals surface area contributed by atoms with Crippen LogP contribution in [0.3, 0.4) is 0 Å². The average Bonchev–Trinajstić information content (AvgIpc) is 2.78. The van der Waals surface area contributed by atoms with Gasteiger partial charge in [0, 0.05) is 5.38 Å². The Hall–Kier alpha value is -2.02. The lowest BCUT2D eigenvalue weighted by atomic mass is 10.2. The molecule has 0 unspecified atom stereocenters. The fraction of sp³-hybridized carbons (Fsp3) is 0.273. The molecule has 2 aromatic heterocycles. The molecule has 0 aliphatic rings. The molecule has 3 N–H and O–H groups in total. The molecular weight excluding hydrogens is 250 g/mol. The number of thiazole rings is 1. The van der Waals surface area contributed by atoms with E-state index in [-0.39, 0.29) is 17.4 Å². The predicted octanol–water partition coefficient (Wildman–Crippen LogP) is 1.89. The van der Waals surface area contributed by atoms with Crippen LogP contribution in [0, 0.1) is 0 Å².